The molecule has 0 amide bonds. The van der Waals surface area contributed by atoms with Crippen LogP contribution in [-0.4, -0.2) is 4.98 Å². The molecule has 0 aliphatic carbocycles. The predicted octanol–water partition coefficient (Wildman–Crippen LogP) is 6.27. The average molecular weight is 434 g/mol. The SMILES string of the molecule is Cc1ccc(OCc2ccc(-c3nc(C#N)c(NCc4ccccc4Cl)o3)o2)cc1C. The Kier molecular flexibility index (Phi) is 5.96. The number of rotatable bonds is 7. The summed E-state index contributed by atoms with van der Waals surface area (Å²) in [6, 6.07) is 19.0. The fourth-order valence-corrected chi connectivity index (χ4v) is 3.17. The molecule has 0 saturated carbocycles. The zero-order valence-electron chi connectivity index (χ0n) is 17.1. The Hall–Kier alpha value is -3.69. The van der Waals surface area contributed by atoms with E-state index in [2.05, 4.69) is 17.2 Å². The Bertz CT molecular complexity index is 1250. The van der Waals surface area contributed by atoms with Gasteiger partial charge in [-0.05, 0) is 60.9 Å². The van der Waals surface area contributed by atoms with Crippen molar-refractivity contribution in [2.75, 3.05) is 5.32 Å². The molecule has 0 unspecified atom stereocenters. The molecule has 0 bridgehead atoms. The number of anilines is 1. The number of nitrogens with one attached hydrogen (secondary N) is 1. The number of nitriles is 1. The van der Waals surface area contributed by atoms with Gasteiger partial charge in [0, 0.05) is 11.6 Å². The molecule has 0 aliphatic rings. The quantitative estimate of drug-likeness (QED) is 0.370. The van der Waals surface area contributed by atoms with E-state index in [9.17, 15) is 5.26 Å². The first kappa shape index (κ1) is 20.6. The minimum absolute atomic E-state index is 0.145. The van der Waals surface area contributed by atoms with E-state index >= 15 is 0 Å². The van der Waals surface area contributed by atoms with Crippen LogP contribution in [0.25, 0.3) is 11.7 Å². The van der Waals surface area contributed by atoms with Gasteiger partial charge < -0.3 is 18.9 Å². The van der Waals surface area contributed by atoms with Crippen LogP contribution in [0.3, 0.4) is 0 Å². The van der Waals surface area contributed by atoms with Crippen LogP contribution in [0.15, 0.2) is 63.4 Å². The van der Waals surface area contributed by atoms with Crippen LogP contribution in [0, 0.1) is 25.2 Å². The largest absolute Gasteiger partial charge is 0.486 e. The molecule has 4 rings (SSSR count). The van der Waals surface area contributed by atoms with E-state index in [1.807, 2.05) is 49.4 Å². The highest BCUT2D eigenvalue weighted by Crippen LogP contribution is 2.28. The molecule has 4 aromatic rings. The number of hydrogen-bond donors (Lipinski definition) is 1. The predicted molar refractivity (Wildman–Crippen MR) is 118 cm³/mol. The van der Waals surface area contributed by atoms with Gasteiger partial charge in [0.15, 0.2) is 5.76 Å². The fraction of sp³-hybridized carbons (Fsp3) is 0.167. The van der Waals surface area contributed by atoms with E-state index in [1.54, 1.807) is 18.2 Å². The van der Waals surface area contributed by atoms with Crippen LogP contribution in [0.5, 0.6) is 5.75 Å². The van der Waals surface area contributed by atoms with Gasteiger partial charge in [0.2, 0.25) is 11.6 Å². The number of hydrogen-bond acceptors (Lipinski definition) is 6. The molecule has 1 N–H and O–H groups in total. The number of oxazole rings is 1. The monoisotopic (exact) mass is 433 g/mol. The van der Waals surface area contributed by atoms with Gasteiger partial charge in [-0.2, -0.15) is 10.2 Å². The van der Waals surface area contributed by atoms with Gasteiger partial charge in [-0.1, -0.05) is 35.9 Å². The number of ether oxygens (including phenoxy) is 1. The lowest BCUT2D eigenvalue weighted by molar-refractivity contribution is 0.271. The second-order valence-corrected chi connectivity index (χ2v) is 7.46. The van der Waals surface area contributed by atoms with E-state index in [4.69, 9.17) is 25.2 Å². The third-order valence-electron chi connectivity index (χ3n) is 4.86. The van der Waals surface area contributed by atoms with Crippen molar-refractivity contribution in [1.29, 1.82) is 5.26 Å². The lowest BCUT2D eigenvalue weighted by Crippen LogP contribution is -2.00. The standard InChI is InChI=1S/C24H20ClN3O3/c1-15-7-8-18(11-16(15)2)29-14-19-9-10-22(30-19)24-28-21(12-26)23(31-24)27-13-17-5-3-4-6-20(17)25/h3-11,27H,13-14H2,1-2H3. The normalized spacial score (nSPS) is 10.6. The van der Waals surface area contributed by atoms with E-state index in [-0.39, 0.29) is 24.1 Å². The Morgan fingerprint density at radius 3 is 2.68 bits per heavy atom. The number of halogens is 1. The summed E-state index contributed by atoms with van der Waals surface area (Å²) >= 11 is 6.18. The highest BCUT2D eigenvalue weighted by molar-refractivity contribution is 6.31. The summed E-state index contributed by atoms with van der Waals surface area (Å²) in [6.07, 6.45) is 0. The van der Waals surface area contributed by atoms with Gasteiger partial charge in [-0.3, -0.25) is 0 Å². The summed E-state index contributed by atoms with van der Waals surface area (Å²) in [5.41, 5.74) is 3.41. The molecule has 0 radical (unpaired) electrons. The molecule has 6 nitrogen and oxygen atoms in total. The molecule has 2 heterocycles. The summed E-state index contributed by atoms with van der Waals surface area (Å²) in [5, 5.41) is 13.1. The molecule has 0 aliphatic heterocycles. The first-order chi connectivity index (χ1) is 15.0. The maximum absolute atomic E-state index is 9.40. The van der Waals surface area contributed by atoms with Gasteiger partial charge in [0.1, 0.15) is 24.2 Å². The van der Waals surface area contributed by atoms with Crippen LogP contribution in [-0.2, 0) is 13.2 Å². The Morgan fingerprint density at radius 1 is 1.06 bits per heavy atom. The maximum Gasteiger partial charge on any atom is 0.266 e. The first-order valence-electron chi connectivity index (χ1n) is 9.71. The number of aromatic nitrogens is 1. The molecular weight excluding hydrogens is 414 g/mol. The minimum Gasteiger partial charge on any atom is -0.486 e. The molecule has 156 valence electrons. The Morgan fingerprint density at radius 2 is 1.90 bits per heavy atom. The summed E-state index contributed by atoms with van der Waals surface area (Å²) in [6.45, 7) is 4.77. The number of aryl methyl sites for hydroxylation is 2. The second-order valence-electron chi connectivity index (χ2n) is 7.05. The Labute approximate surface area is 185 Å². The van der Waals surface area contributed by atoms with Crippen molar-refractivity contribution in [2.45, 2.75) is 27.0 Å². The van der Waals surface area contributed by atoms with E-state index < -0.39 is 0 Å². The third-order valence-corrected chi connectivity index (χ3v) is 5.23. The van der Waals surface area contributed by atoms with Crippen molar-refractivity contribution in [3.8, 4) is 23.5 Å². The van der Waals surface area contributed by atoms with Crippen LogP contribution in [0.1, 0.15) is 28.1 Å². The van der Waals surface area contributed by atoms with Crippen molar-refractivity contribution >= 4 is 17.5 Å². The maximum atomic E-state index is 9.40. The van der Waals surface area contributed by atoms with Crippen molar-refractivity contribution in [2.24, 2.45) is 0 Å². The second kappa shape index (κ2) is 8.99. The molecule has 31 heavy (non-hydrogen) atoms. The van der Waals surface area contributed by atoms with E-state index in [0.717, 1.165) is 11.3 Å². The lowest BCUT2D eigenvalue weighted by Gasteiger charge is -2.06. The molecule has 2 aromatic heterocycles. The minimum atomic E-state index is 0.145. The van der Waals surface area contributed by atoms with E-state index in [1.165, 1.54) is 11.1 Å². The van der Waals surface area contributed by atoms with Crippen molar-refractivity contribution in [1.82, 2.24) is 4.98 Å². The topological polar surface area (TPSA) is 84.2 Å². The number of benzene rings is 2. The zero-order valence-corrected chi connectivity index (χ0v) is 17.9. The van der Waals surface area contributed by atoms with Crippen LogP contribution < -0.4 is 10.1 Å². The molecule has 0 fully saturated rings. The summed E-state index contributed by atoms with van der Waals surface area (Å²) in [5.74, 6) is 2.30. The smallest absolute Gasteiger partial charge is 0.266 e. The average Bonchev–Trinajstić information content (AvgIpc) is 3.41. The fourth-order valence-electron chi connectivity index (χ4n) is 2.97. The van der Waals surface area contributed by atoms with Crippen LogP contribution >= 0.6 is 11.6 Å². The van der Waals surface area contributed by atoms with Crippen molar-refractivity contribution < 1.29 is 13.6 Å². The molecule has 7 heteroatoms. The zero-order chi connectivity index (χ0) is 21.8. The number of nitrogens with zero attached hydrogens (tertiary/aromatic N) is 2. The molecule has 0 saturated heterocycles. The highest BCUT2D eigenvalue weighted by atomic mass is 35.5. The molecule has 2 aromatic carbocycles. The molecular formula is C24H20ClN3O3. The van der Waals surface area contributed by atoms with Crippen molar-refractivity contribution in [3.05, 3.63) is 87.8 Å². The van der Waals surface area contributed by atoms with Gasteiger partial charge in [-0.25, -0.2) is 0 Å². The molecule has 0 spiro atoms. The third kappa shape index (κ3) is 4.73. The summed E-state index contributed by atoms with van der Waals surface area (Å²) in [7, 11) is 0. The van der Waals surface area contributed by atoms with Gasteiger partial charge in [0.25, 0.3) is 5.89 Å². The van der Waals surface area contributed by atoms with Crippen molar-refractivity contribution in [3.63, 3.8) is 0 Å². The van der Waals surface area contributed by atoms with Gasteiger partial charge in [0.05, 0.1) is 0 Å². The number of furan rings is 1. The molecule has 0 atom stereocenters. The van der Waals surface area contributed by atoms with Gasteiger partial charge >= 0.3 is 0 Å². The van der Waals surface area contributed by atoms with E-state index in [0.29, 0.717) is 23.1 Å². The van der Waals surface area contributed by atoms with Crippen LogP contribution in [0.2, 0.25) is 5.02 Å². The van der Waals surface area contributed by atoms with Crippen LogP contribution in [0.4, 0.5) is 5.88 Å². The lowest BCUT2D eigenvalue weighted by atomic mass is 10.1. The van der Waals surface area contributed by atoms with Gasteiger partial charge in [-0.15, -0.1) is 0 Å². The summed E-state index contributed by atoms with van der Waals surface area (Å²) in [4.78, 5) is 4.23. The first-order valence-corrected chi connectivity index (χ1v) is 10.1. The Balaban J connectivity index is 1.45. The summed E-state index contributed by atoms with van der Waals surface area (Å²) < 4.78 is 17.3. The highest BCUT2D eigenvalue weighted by Gasteiger charge is 2.17.